The molecule has 1 aliphatic rings. The summed E-state index contributed by atoms with van der Waals surface area (Å²) in [6.45, 7) is 17.4. The summed E-state index contributed by atoms with van der Waals surface area (Å²) in [5.74, 6) is 3.62. The Hall–Kier alpha value is -8.44. The lowest BCUT2D eigenvalue weighted by molar-refractivity contribution is 0.233. The molecule has 8 heteroatoms. The number of benzene rings is 12. The van der Waals surface area contributed by atoms with E-state index >= 15 is 0 Å². The maximum absolute atomic E-state index is 7.50. The van der Waals surface area contributed by atoms with Crippen LogP contribution in [0.3, 0.4) is 0 Å². The summed E-state index contributed by atoms with van der Waals surface area (Å²) < 4.78 is 30.0. The van der Waals surface area contributed by atoms with E-state index in [1.54, 1.807) is 0 Å². The van der Waals surface area contributed by atoms with Crippen molar-refractivity contribution in [3.8, 4) is 23.0 Å². The molecule has 0 saturated carbocycles. The van der Waals surface area contributed by atoms with Gasteiger partial charge in [0.05, 0.1) is 24.4 Å². The number of hydrogen-bond acceptors (Lipinski definition) is 4. The van der Waals surface area contributed by atoms with Crippen LogP contribution in [-0.4, -0.2) is 24.4 Å². The molecule has 0 heterocycles. The van der Waals surface area contributed by atoms with E-state index in [-0.39, 0.29) is 24.4 Å². The van der Waals surface area contributed by atoms with Crippen molar-refractivity contribution >= 4 is 95.3 Å². The van der Waals surface area contributed by atoms with Crippen molar-refractivity contribution in [1.29, 1.82) is 0 Å². The molecule has 4 nitrogen and oxygen atoms in total. The zero-order valence-electron chi connectivity index (χ0n) is 56.3. The van der Waals surface area contributed by atoms with E-state index < -0.39 is 31.7 Å². The fraction of sp³-hybridized carbons (Fsp3) is 0.182. The molecule has 0 radical (unpaired) electrons. The molecule has 0 unspecified atom stereocenters. The maximum Gasteiger partial charge on any atom is 0.126 e. The van der Waals surface area contributed by atoms with Gasteiger partial charge < -0.3 is 18.9 Å². The third kappa shape index (κ3) is 15.4. The normalized spacial score (nSPS) is 12.3. The molecular weight excluding hydrogens is 1240 g/mol. The Labute approximate surface area is 574 Å². The van der Waals surface area contributed by atoms with Gasteiger partial charge in [-0.3, -0.25) is 0 Å². The van der Waals surface area contributed by atoms with Gasteiger partial charge in [-0.15, -0.1) is 0 Å². The van der Waals surface area contributed by atoms with Gasteiger partial charge in [0, 0.05) is 25.7 Å². The first-order valence-corrected chi connectivity index (χ1v) is 39.2. The molecule has 0 amide bonds. The minimum Gasteiger partial charge on any atom is -0.490 e. The Morgan fingerprint density at radius 2 is 0.312 bits per heavy atom. The highest BCUT2D eigenvalue weighted by atomic mass is 31.1. The second-order valence-electron chi connectivity index (χ2n) is 25.8. The van der Waals surface area contributed by atoms with Gasteiger partial charge in [0.2, 0.25) is 0 Å². The van der Waals surface area contributed by atoms with Crippen molar-refractivity contribution < 1.29 is 18.9 Å². The van der Waals surface area contributed by atoms with E-state index in [4.69, 9.17) is 18.9 Å². The third-order valence-corrected chi connectivity index (χ3v) is 26.6. The van der Waals surface area contributed by atoms with Gasteiger partial charge in [0.1, 0.15) is 23.0 Å². The quantitative estimate of drug-likeness (QED) is 0.0713. The van der Waals surface area contributed by atoms with E-state index in [1.165, 1.54) is 63.7 Å². The summed E-state index contributed by atoms with van der Waals surface area (Å²) in [5.41, 5.74) is 8.93. The highest BCUT2D eigenvalue weighted by molar-refractivity contribution is 7.81. The van der Waals surface area contributed by atoms with E-state index in [0.29, 0.717) is 25.7 Å². The minimum atomic E-state index is -1.08. The molecule has 96 heavy (non-hydrogen) atoms. The van der Waals surface area contributed by atoms with Crippen molar-refractivity contribution in [2.24, 2.45) is 0 Å². The average molecular weight is 1330 g/mol. The summed E-state index contributed by atoms with van der Waals surface area (Å²) in [5, 5.41) is 15.3. The number of ether oxygens (including phenoxy) is 4. The van der Waals surface area contributed by atoms with Gasteiger partial charge in [0.15, 0.2) is 0 Å². The summed E-state index contributed by atoms with van der Waals surface area (Å²) >= 11 is 0. The van der Waals surface area contributed by atoms with E-state index in [0.717, 1.165) is 67.5 Å². The van der Waals surface area contributed by atoms with Crippen LogP contribution in [0.25, 0.3) is 0 Å². The van der Waals surface area contributed by atoms with Gasteiger partial charge >= 0.3 is 0 Å². The number of hydrogen-bond donors (Lipinski definition) is 0. The van der Waals surface area contributed by atoms with Crippen LogP contribution >= 0.6 is 31.7 Å². The fourth-order valence-electron chi connectivity index (χ4n) is 13.3. The second-order valence-corrected chi connectivity index (χ2v) is 34.7. The predicted molar refractivity (Wildman–Crippen MR) is 415 cm³/mol. The largest absolute Gasteiger partial charge is 0.490 e. The molecule has 8 bridgehead atoms. The average Bonchev–Trinajstić information content (AvgIpc) is 0.764. The van der Waals surface area contributed by atoms with Gasteiger partial charge in [-0.1, -0.05) is 243 Å². The molecule has 0 atom stereocenters. The van der Waals surface area contributed by atoms with Crippen LogP contribution in [0.5, 0.6) is 23.0 Å². The number of rotatable bonds is 20. The molecular formula is C88H84O4P4. The van der Waals surface area contributed by atoms with Crippen LogP contribution < -0.4 is 82.6 Å². The van der Waals surface area contributed by atoms with Crippen LogP contribution in [-0.2, 0) is 25.7 Å². The Morgan fingerprint density at radius 1 is 0.188 bits per heavy atom. The summed E-state index contributed by atoms with van der Waals surface area (Å²) in [4.78, 5) is 0. The standard InChI is InChI=1S/C88H84O4P4/c1-61(2)89-85-65-49-67-55-82(94(75-37-21-11-22-38-75)76-39-23-12-24-40-76)57-69(86(67)90-62(3)4)51-71-59-84(96(79-45-29-15-30-46-79)80-47-31-16-32-48-80)60-72(88(71)92-64(7)8)52-70-58-83(95(77-41-25-13-26-42-77)78-43-27-14-28-44-78)56-68(87(70)91-63(5)6)50-66(85)54-81(53-65)93(73-33-17-9-18-34-73)74-35-19-10-20-36-74/h9-48,53-64H,49-52H2,1-8H3. The zero-order chi connectivity index (χ0) is 66.1. The molecule has 13 rings (SSSR count). The van der Waals surface area contributed by atoms with Crippen LogP contribution in [0.2, 0.25) is 0 Å². The Kier molecular flexibility index (Phi) is 21.2. The van der Waals surface area contributed by atoms with E-state index in [1.807, 2.05) is 0 Å². The highest BCUT2D eigenvalue weighted by Crippen LogP contribution is 2.46. The van der Waals surface area contributed by atoms with Crippen molar-refractivity contribution in [2.75, 3.05) is 0 Å². The SMILES string of the molecule is CC(C)Oc1c2cc(P(c3ccccc3)c3ccccc3)cc1Cc1cc(P(c3ccccc3)c3ccccc3)cc(c1OC(C)C)Cc1cc(P(c3ccccc3)c3ccccc3)cc(c1OC(C)C)Cc1cc(P(c3ccccc3)c3ccccc3)cc(c1OC(C)C)C2. The van der Waals surface area contributed by atoms with Crippen molar-refractivity contribution in [1.82, 2.24) is 0 Å². The highest BCUT2D eigenvalue weighted by Gasteiger charge is 2.31. The Morgan fingerprint density at radius 3 is 0.427 bits per heavy atom. The smallest absolute Gasteiger partial charge is 0.126 e. The monoisotopic (exact) mass is 1330 g/mol. The molecule has 0 N–H and O–H groups in total. The molecule has 0 fully saturated rings. The summed E-state index contributed by atoms with van der Waals surface area (Å²) in [6.07, 6.45) is 1.56. The van der Waals surface area contributed by atoms with Crippen LogP contribution in [0, 0.1) is 0 Å². The minimum absolute atomic E-state index is 0.144. The zero-order valence-corrected chi connectivity index (χ0v) is 59.9. The third-order valence-electron chi connectivity index (χ3n) is 17.0. The van der Waals surface area contributed by atoms with Gasteiger partial charge in [0.25, 0.3) is 0 Å². The Bertz CT molecular complexity index is 3700. The summed E-state index contributed by atoms with van der Waals surface area (Å²) in [7, 11) is -4.31. The summed E-state index contributed by atoms with van der Waals surface area (Å²) in [6, 6.07) is 109. The van der Waals surface area contributed by atoms with Crippen molar-refractivity contribution in [2.45, 2.75) is 105 Å². The molecule has 12 aromatic carbocycles. The number of fused-ring (bicyclic) bond motifs is 8. The Balaban J connectivity index is 1.19. The molecule has 480 valence electrons. The lowest BCUT2D eigenvalue weighted by atomic mass is 9.91. The molecule has 0 aliphatic heterocycles. The second kappa shape index (κ2) is 30.7. The molecule has 0 spiro atoms. The maximum atomic E-state index is 7.50. The molecule has 1 aliphatic carbocycles. The first-order valence-electron chi connectivity index (χ1n) is 33.8. The van der Waals surface area contributed by atoms with Gasteiger partial charge in [-0.05, 0) is 244 Å². The van der Waals surface area contributed by atoms with E-state index in [2.05, 4.69) is 347 Å². The first kappa shape index (κ1) is 66.2. The van der Waals surface area contributed by atoms with Crippen LogP contribution in [0.1, 0.15) is 99.9 Å². The topological polar surface area (TPSA) is 36.9 Å². The predicted octanol–water partition coefficient (Wildman–Crippen LogP) is 16.5. The van der Waals surface area contributed by atoms with E-state index in [9.17, 15) is 0 Å². The van der Waals surface area contributed by atoms with Crippen LogP contribution in [0.4, 0.5) is 0 Å². The van der Waals surface area contributed by atoms with Crippen molar-refractivity contribution in [3.63, 3.8) is 0 Å². The fourth-order valence-corrected chi connectivity index (χ4v) is 22.9. The molecule has 12 aromatic rings. The van der Waals surface area contributed by atoms with Gasteiger partial charge in [-0.25, -0.2) is 0 Å². The van der Waals surface area contributed by atoms with Crippen LogP contribution in [0.15, 0.2) is 291 Å². The first-order chi connectivity index (χ1) is 46.9. The van der Waals surface area contributed by atoms with Gasteiger partial charge in [-0.2, -0.15) is 0 Å². The van der Waals surface area contributed by atoms with Crippen molar-refractivity contribution in [3.05, 3.63) is 336 Å². The lowest BCUT2D eigenvalue weighted by Crippen LogP contribution is -2.25. The molecule has 0 saturated heterocycles. The lowest BCUT2D eigenvalue weighted by Gasteiger charge is -2.29. The molecule has 0 aromatic heterocycles.